The van der Waals surface area contributed by atoms with Crippen molar-refractivity contribution in [3.63, 3.8) is 0 Å². The van der Waals surface area contributed by atoms with Crippen LogP contribution in [0, 0.1) is 20.8 Å². The van der Waals surface area contributed by atoms with Crippen LogP contribution in [0.5, 0.6) is 0 Å². The zero-order valence-electron chi connectivity index (χ0n) is 21.9. The third-order valence-electron chi connectivity index (χ3n) is 6.48. The lowest BCUT2D eigenvalue weighted by Gasteiger charge is -2.26. The largest absolute Gasteiger partial charge is 0.376 e. The molecular weight excluding hydrogens is 502 g/mol. The molecule has 1 heterocycles. The summed E-state index contributed by atoms with van der Waals surface area (Å²) in [4.78, 5) is 26.2. The summed E-state index contributed by atoms with van der Waals surface area (Å²) in [5.41, 5.74) is 3.63. The molecule has 1 saturated heterocycles. The second kappa shape index (κ2) is 11.8. The highest BCUT2D eigenvalue weighted by Crippen LogP contribution is 2.28. The number of benzene rings is 3. The molecule has 1 atom stereocenters. The molecule has 0 aliphatic carbocycles. The number of carbonyl (C=O) groups is 2. The van der Waals surface area contributed by atoms with Gasteiger partial charge < -0.3 is 15.4 Å². The van der Waals surface area contributed by atoms with E-state index in [4.69, 9.17) is 4.74 Å². The van der Waals surface area contributed by atoms with E-state index in [1.807, 2.05) is 32.9 Å². The van der Waals surface area contributed by atoms with Gasteiger partial charge in [-0.3, -0.25) is 13.9 Å². The van der Waals surface area contributed by atoms with Gasteiger partial charge in [0.2, 0.25) is 5.91 Å². The Hall–Kier alpha value is -3.69. The molecule has 3 aromatic carbocycles. The van der Waals surface area contributed by atoms with Gasteiger partial charge in [0.15, 0.2) is 0 Å². The second-order valence-corrected chi connectivity index (χ2v) is 11.4. The van der Waals surface area contributed by atoms with Crippen LogP contribution in [0.1, 0.15) is 39.9 Å². The molecule has 1 fully saturated rings. The van der Waals surface area contributed by atoms with Crippen molar-refractivity contribution < 1.29 is 22.7 Å². The summed E-state index contributed by atoms with van der Waals surface area (Å²) in [6.45, 7) is 6.22. The Balaban J connectivity index is 1.58. The molecule has 0 saturated carbocycles. The molecule has 0 unspecified atom stereocenters. The number of anilines is 2. The summed E-state index contributed by atoms with van der Waals surface area (Å²) in [6, 6.07) is 18.6. The number of ether oxygens (including phenoxy) is 1. The predicted molar refractivity (Wildman–Crippen MR) is 148 cm³/mol. The summed E-state index contributed by atoms with van der Waals surface area (Å²) in [7, 11) is -4.06. The molecule has 2 amide bonds. The van der Waals surface area contributed by atoms with Gasteiger partial charge in [-0.15, -0.1) is 0 Å². The van der Waals surface area contributed by atoms with Crippen molar-refractivity contribution in [2.45, 2.75) is 44.6 Å². The smallest absolute Gasteiger partial charge is 0.264 e. The zero-order chi connectivity index (χ0) is 27.3. The monoisotopic (exact) mass is 535 g/mol. The fourth-order valence-electron chi connectivity index (χ4n) is 4.44. The van der Waals surface area contributed by atoms with Crippen LogP contribution in [-0.4, -0.2) is 46.0 Å². The number of nitrogens with one attached hydrogen (secondary N) is 2. The summed E-state index contributed by atoms with van der Waals surface area (Å²) < 4.78 is 34.1. The zero-order valence-corrected chi connectivity index (χ0v) is 22.7. The average molecular weight is 536 g/mol. The maximum absolute atomic E-state index is 13.7. The van der Waals surface area contributed by atoms with E-state index in [0.717, 1.165) is 33.8 Å². The summed E-state index contributed by atoms with van der Waals surface area (Å²) in [5, 5.41) is 5.61. The van der Waals surface area contributed by atoms with Crippen LogP contribution in [-0.2, 0) is 19.6 Å². The standard InChI is InChI=1S/C29H33N3O5S/c1-20-10-13-24(14-11-20)38(35,36)32(27-15-12-21(2)17-22(27)3)19-28(33)31-26-9-5-4-8-25(26)29(34)30-18-23-7-6-16-37-23/h4-5,8-15,17,23H,6-7,16,18-19H2,1-3H3,(H,30,34)(H,31,33)/t23-/m0/s1. The topological polar surface area (TPSA) is 105 Å². The lowest BCUT2D eigenvalue weighted by atomic mass is 10.1. The molecule has 200 valence electrons. The maximum atomic E-state index is 13.7. The number of para-hydroxylation sites is 1. The number of aryl methyl sites for hydroxylation is 3. The van der Waals surface area contributed by atoms with Crippen molar-refractivity contribution >= 4 is 33.2 Å². The van der Waals surface area contributed by atoms with E-state index in [9.17, 15) is 18.0 Å². The van der Waals surface area contributed by atoms with E-state index in [-0.39, 0.29) is 16.9 Å². The van der Waals surface area contributed by atoms with Gasteiger partial charge in [0, 0.05) is 13.2 Å². The van der Waals surface area contributed by atoms with Crippen LogP contribution in [0.3, 0.4) is 0 Å². The van der Waals surface area contributed by atoms with E-state index in [1.165, 1.54) is 12.1 Å². The quantitative estimate of drug-likeness (QED) is 0.424. The van der Waals surface area contributed by atoms with Gasteiger partial charge in [-0.25, -0.2) is 8.42 Å². The molecule has 3 aromatic rings. The number of nitrogens with zero attached hydrogens (tertiary/aromatic N) is 1. The number of hydrogen-bond donors (Lipinski definition) is 2. The number of carbonyl (C=O) groups excluding carboxylic acids is 2. The van der Waals surface area contributed by atoms with E-state index in [2.05, 4.69) is 10.6 Å². The highest BCUT2D eigenvalue weighted by molar-refractivity contribution is 7.92. The minimum Gasteiger partial charge on any atom is -0.376 e. The molecule has 2 N–H and O–H groups in total. The van der Waals surface area contributed by atoms with E-state index in [0.29, 0.717) is 30.1 Å². The first-order valence-corrected chi connectivity index (χ1v) is 14.0. The second-order valence-electron chi connectivity index (χ2n) is 9.55. The highest BCUT2D eigenvalue weighted by Gasteiger charge is 2.29. The Morgan fingerprint density at radius 1 is 0.974 bits per heavy atom. The highest BCUT2D eigenvalue weighted by atomic mass is 32.2. The molecule has 4 rings (SSSR count). The molecule has 1 aliphatic heterocycles. The Labute approximate surface area is 224 Å². The van der Waals surface area contributed by atoms with Crippen molar-refractivity contribution in [2.24, 2.45) is 0 Å². The number of amides is 2. The summed E-state index contributed by atoms with van der Waals surface area (Å²) in [5.74, 6) is -0.907. The molecular formula is C29H33N3O5S. The van der Waals surface area contributed by atoms with Gasteiger partial charge in [0.25, 0.3) is 15.9 Å². The van der Waals surface area contributed by atoms with Crippen molar-refractivity contribution in [1.29, 1.82) is 0 Å². The normalized spacial score (nSPS) is 15.2. The molecule has 0 aromatic heterocycles. The predicted octanol–water partition coefficient (Wildman–Crippen LogP) is 4.35. The molecule has 1 aliphatic rings. The van der Waals surface area contributed by atoms with Crippen LogP contribution in [0.25, 0.3) is 0 Å². The van der Waals surface area contributed by atoms with Gasteiger partial charge in [-0.1, -0.05) is 47.5 Å². The molecule has 0 spiro atoms. The molecule has 8 nitrogen and oxygen atoms in total. The first-order valence-electron chi connectivity index (χ1n) is 12.6. The van der Waals surface area contributed by atoms with Gasteiger partial charge in [0.05, 0.1) is 27.9 Å². The first kappa shape index (κ1) is 27.3. The maximum Gasteiger partial charge on any atom is 0.264 e. The van der Waals surface area contributed by atoms with Gasteiger partial charge >= 0.3 is 0 Å². The number of hydrogen-bond acceptors (Lipinski definition) is 5. The Kier molecular flexibility index (Phi) is 8.48. The third-order valence-corrected chi connectivity index (χ3v) is 8.25. The number of rotatable bonds is 9. The van der Waals surface area contributed by atoms with E-state index < -0.39 is 22.5 Å². The van der Waals surface area contributed by atoms with E-state index >= 15 is 0 Å². The van der Waals surface area contributed by atoms with Crippen LogP contribution in [0.15, 0.2) is 71.6 Å². The molecule has 0 radical (unpaired) electrons. The van der Waals surface area contributed by atoms with Crippen molar-refractivity contribution in [1.82, 2.24) is 5.32 Å². The Bertz CT molecular complexity index is 1410. The van der Waals surface area contributed by atoms with Crippen LogP contribution in [0.4, 0.5) is 11.4 Å². The minimum atomic E-state index is -4.06. The van der Waals surface area contributed by atoms with Crippen molar-refractivity contribution in [2.75, 3.05) is 29.3 Å². The summed E-state index contributed by atoms with van der Waals surface area (Å²) >= 11 is 0. The van der Waals surface area contributed by atoms with E-state index in [1.54, 1.807) is 42.5 Å². The first-order chi connectivity index (χ1) is 18.1. The lowest BCUT2D eigenvalue weighted by Crippen LogP contribution is -2.39. The summed E-state index contributed by atoms with van der Waals surface area (Å²) in [6.07, 6.45) is 1.84. The van der Waals surface area contributed by atoms with Gasteiger partial charge in [-0.2, -0.15) is 0 Å². The SMILES string of the molecule is Cc1ccc(S(=O)(=O)N(CC(=O)Nc2ccccc2C(=O)NC[C@@H]2CCCO2)c2ccc(C)cc2C)cc1. The molecule has 38 heavy (non-hydrogen) atoms. The van der Waals surface area contributed by atoms with Crippen LogP contribution >= 0.6 is 0 Å². The van der Waals surface area contributed by atoms with Crippen molar-refractivity contribution in [3.8, 4) is 0 Å². The average Bonchev–Trinajstić information content (AvgIpc) is 3.41. The fourth-order valence-corrected chi connectivity index (χ4v) is 5.93. The van der Waals surface area contributed by atoms with Gasteiger partial charge in [-0.05, 0) is 69.5 Å². The fraction of sp³-hybridized carbons (Fsp3) is 0.310. The molecule has 9 heteroatoms. The van der Waals surface area contributed by atoms with Crippen molar-refractivity contribution in [3.05, 3.63) is 89.0 Å². The Morgan fingerprint density at radius 2 is 1.68 bits per heavy atom. The number of sulfonamides is 1. The minimum absolute atomic E-state index is 0.0148. The lowest BCUT2D eigenvalue weighted by molar-refractivity contribution is -0.114. The van der Waals surface area contributed by atoms with Crippen LogP contribution < -0.4 is 14.9 Å². The van der Waals surface area contributed by atoms with Gasteiger partial charge in [0.1, 0.15) is 6.54 Å². The Morgan fingerprint density at radius 3 is 2.37 bits per heavy atom. The van der Waals surface area contributed by atoms with Crippen LogP contribution in [0.2, 0.25) is 0 Å². The molecule has 0 bridgehead atoms. The third kappa shape index (κ3) is 6.41.